The Kier molecular flexibility index (Phi) is 4.85. The summed E-state index contributed by atoms with van der Waals surface area (Å²) in [5.41, 5.74) is 0.244. The van der Waals surface area contributed by atoms with Crippen LogP contribution in [0.2, 0.25) is 0 Å². The summed E-state index contributed by atoms with van der Waals surface area (Å²) < 4.78 is 29.0. The first-order valence-corrected chi connectivity index (χ1v) is 6.78. The number of phenols is 1. The summed E-state index contributed by atoms with van der Waals surface area (Å²) in [4.78, 5) is 11.1. The van der Waals surface area contributed by atoms with Crippen molar-refractivity contribution in [2.24, 2.45) is 0 Å². The normalized spacial score (nSPS) is 11.8. The number of phenolic OH excluding ortho intramolecular Hbond substituents is 1. The number of Topliss-reactive ketones (excluding diaryl/α,β-unsaturated/α-hetero) is 1. The lowest BCUT2D eigenvalue weighted by Gasteiger charge is -2.07. The minimum atomic E-state index is -4.02. The van der Waals surface area contributed by atoms with Crippen molar-refractivity contribution in [3.05, 3.63) is 29.3 Å². The van der Waals surface area contributed by atoms with Gasteiger partial charge in [-0.3, -0.25) is 4.79 Å². The van der Waals surface area contributed by atoms with Crippen LogP contribution >= 0.6 is 0 Å². The van der Waals surface area contributed by atoms with Crippen LogP contribution in [0.5, 0.6) is 11.5 Å². The van der Waals surface area contributed by atoms with Crippen LogP contribution in [0.4, 0.5) is 0 Å². The molecule has 7 nitrogen and oxygen atoms in total. The van der Waals surface area contributed by atoms with Crippen molar-refractivity contribution in [3.63, 3.8) is 0 Å². The largest absolute Gasteiger partial charge is 0.504 e. The standard InChI is InChI=1S/C12H12N2O5S/c1-8(15)10(7-13)5-9-3-4-11(16)12(6-9)19-20(17,18)14-2/h3-6,14,16H,1-2H3/b10-5+. The molecule has 1 aromatic carbocycles. The molecule has 0 saturated carbocycles. The maximum Gasteiger partial charge on any atom is 0.382 e. The van der Waals surface area contributed by atoms with Gasteiger partial charge >= 0.3 is 10.3 Å². The first-order chi connectivity index (χ1) is 9.29. The van der Waals surface area contributed by atoms with Gasteiger partial charge in [-0.05, 0) is 30.7 Å². The summed E-state index contributed by atoms with van der Waals surface area (Å²) >= 11 is 0. The van der Waals surface area contributed by atoms with Crippen molar-refractivity contribution >= 4 is 22.2 Å². The molecular formula is C12H12N2O5S. The molecule has 2 N–H and O–H groups in total. The molecular weight excluding hydrogens is 284 g/mol. The zero-order valence-corrected chi connectivity index (χ0v) is 11.6. The van der Waals surface area contributed by atoms with Gasteiger partial charge in [-0.2, -0.15) is 18.4 Å². The quantitative estimate of drug-likeness (QED) is 0.611. The van der Waals surface area contributed by atoms with Gasteiger partial charge in [-0.15, -0.1) is 0 Å². The van der Waals surface area contributed by atoms with Gasteiger partial charge in [0.2, 0.25) is 0 Å². The second kappa shape index (κ2) is 6.18. The van der Waals surface area contributed by atoms with E-state index >= 15 is 0 Å². The summed E-state index contributed by atoms with van der Waals surface area (Å²) in [6.07, 6.45) is 1.26. The third-order valence-electron chi connectivity index (χ3n) is 2.24. The summed E-state index contributed by atoms with van der Waals surface area (Å²) in [5.74, 6) is -1.12. The second-order valence-electron chi connectivity index (χ2n) is 3.69. The molecule has 0 unspecified atom stereocenters. The van der Waals surface area contributed by atoms with E-state index in [1.807, 2.05) is 4.72 Å². The Balaban J connectivity index is 3.23. The van der Waals surface area contributed by atoms with E-state index in [-0.39, 0.29) is 17.1 Å². The van der Waals surface area contributed by atoms with Crippen molar-refractivity contribution in [1.29, 1.82) is 5.26 Å². The summed E-state index contributed by atoms with van der Waals surface area (Å²) in [5, 5.41) is 18.3. The van der Waals surface area contributed by atoms with Gasteiger partial charge < -0.3 is 9.29 Å². The predicted octanol–water partition coefficient (Wildman–Crippen LogP) is 0.731. The number of allylic oxidation sites excluding steroid dienone is 1. The molecule has 106 valence electrons. The SMILES string of the molecule is CNS(=O)(=O)Oc1cc(/C=C(\C#N)C(C)=O)ccc1O. The molecule has 0 aliphatic carbocycles. The fourth-order valence-corrected chi connectivity index (χ4v) is 1.68. The minimum absolute atomic E-state index is 0.0990. The number of nitrogens with zero attached hydrogens (tertiary/aromatic N) is 1. The second-order valence-corrected chi connectivity index (χ2v) is 5.18. The van der Waals surface area contributed by atoms with Gasteiger partial charge in [-0.1, -0.05) is 6.07 Å². The fraction of sp³-hybridized carbons (Fsp3) is 0.167. The van der Waals surface area contributed by atoms with Crippen LogP contribution < -0.4 is 8.91 Å². The zero-order chi connectivity index (χ0) is 15.3. The lowest BCUT2D eigenvalue weighted by Crippen LogP contribution is -2.24. The molecule has 0 atom stereocenters. The van der Waals surface area contributed by atoms with Crippen molar-refractivity contribution in [2.75, 3.05) is 7.05 Å². The monoisotopic (exact) mass is 296 g/mol. The number of hydrogen-bond acceptors (Lipinski definition) is 6. The van der Waals surface area contributed by atoms with E-state index in [2.05, 4.69) is 4.18 Å². The van der Waals surface area contributed by atoms with Gasteiger partial charge in [0.05, 0.1) is 5.57 Å². The molecule has 1 aromatic rings. The van der Waals surface area contributed by atoms with Crippen molar-refractivity contribution in [2.45, 2.75) is 6.92 Å². The Labute approximate surface area is 116 Å². The molecule has 0 saturated heterocycles. The van der Waals surface area contributed by atoms with E-state index < -0.39 is 16.1 Å². The Morgan fingerprint density at radius 3 is 2.65 bits per heavy atom. The number of carbonyl (C=O) groups is 1. The number of aromatic hydroxyl groups is 1. The van der Waals surface area contributed by atoms with Gasteiger partial charge in [0.1, 0.15) is 6.07 Å². The Morgan fingerprint density at radius 2 is 2.15 bits per heavy atom. The number of hydrogen-bond donors (Lipinski definition) is 2. The number of carbonyl (C=O) groups excluding carboxylic acids is 1. The average molecular weight is 296 g/mol. The fourth-order valence-electron chi connectivity index (χ4n) is 1.23. The van der Waals surface area contributed by atoms with E-state index in [4.69, 9.17) is 5.26 Å². The molecule has 20 heavy (non-hydrogen) atoms. The van der Waals surface area contributed by atoms with E-state index in [0.29, 0.717) is 5.56 Å². The van der Waals surface area contributed by atoms with Crippen LogP contribution in [0.1, 0.15) is 12.5 Å². The molecule has 0 aromatic heterocycles. The predicted molar refractivity (Wildman–Crippen MR) is 71.0 cm³/mol. The molecule has 0 fully saturated rings. The molecule has 0 amide bonds. The minimum Gasteiger partial charge on any atom is -0.504 e. The zero-order valence-electron chi connectivity index (χ0n) is 10.7. The molecule has 8 heteroatoms. The molecule has 1 rings (SSSR count). The van der Waals surface area contributed by atoms with Crippen LogP contribution in [0, 0.1) is 11.3 Å². The van der Waals surface area contributed by atoms with E-state index in [1.54, 1.807) is 6.07 Å². The average Bonchev–Trinajstić information content (AvgIpc) is 2.39. The maximum absolute atomic E-state index is 11.3. The van der Waals surface area contributed by atoms with E-state index in [1.165, 1.54) is 31.2 Å². The Bertz CT molecular complexity index is 701. The Hall–Kier alpha value is -2.37. The lowest BCUT2D eigenvalue weighted by atomic mass is 10.1. The smallest absolute Gasteiger partial charge is 0.382 e. The topological polar surface area (TPSA) is 116 Å². The molecule has 0 spiro atoms. The summed E-state index contributed by atoms with van der Waals surface area (Å²) in [6, 6.07) is 5.53. The number of benzene rings is 1. The summed E-state index contributed by atoms with van der Waals surface area (Å²) in [7, 11) is -2.87. The number of nitrogens with one attached hydrogen (secondary N) is 1. The lowest BCUT2D eigenvalue weighted by molar-refractivity contribution is -0.113. The number of nitriles is 1. The third kappa shape index (κ3) is 4.08. The van der Waals surface area contributed by atoms with Gasteiger partial charge in [0.25, 0.3) is 0 Å². The maximum atomic E-state index is 11.3. The van der Waals surface area contributed by atoms with Crippen LogP contribution in [-0.4, -0.2) is 26.4 Å². The van der Waals surface area contributed by atoms with E-state index in [0.717, 1.165) is 7.05 Å². The van der Waals surface area contributed by atoms with Gasteiger partial charge in [0.15, 0.2) is 17.3 Å². The molecule has 0 aliphatic heterocycles. The molecule has 0 aliphatic rings. The van der Waals surface area contributed by atoms with Gasteiger partial charge in [-0.25, -0.2) is 0 Å². The van der Waals surface area contributed by atoms with Crippen molar-refractivity contribution < 1.29 is 22.5 Å². The van der Waals surface area contributed by atoms with Crippen LogP contribution in [0.15, 0.2) is 23.8 Å². The number of ketones is 1. The van der Waals surface area contributed by atoms with E-state index in [9.17, 15) is 18.3 Å². The highest BCUT2D eigenvalue weighted by molar-refractivity contribution is 7.85. The first kappa shape index (κ1) is 15.7. The van der Waals surface area contributed by atoms with Crippen LogP contribution in [0.25, 0.3) is 6.08 Å². The number of rotatable bonds is 5. The Morgan fingerprint density at radius 1 is 1.50 bits per heavy atom. The van der Waals surface area contributed by atoms with Crippen molar-refractivity contribution in [1.82, 2.24) is 4.72 Å². The van der Waals surface area contributed by atoms with Crippen LogP contribution in [0.3, 0.4) is 0 Å². The van der Waals surface area contributed by atoms with Crippen LogP contribution in [-0.2, 0) is 15.1 Å². The highest BCUT2D eigenvalue weighted by Crippen LogP contribution is 2.28. The van der Waals surface area contributed by atoms with Gasteiger partial charge in [0, 0.05) is 7.05 Å². The molecule has 0 radical (unpaired) electrons. The highest BCUT2D eigenvalue weighted by atomic mass is 32.2. The first-order valence-electron chi connectivity index (χ1n) is 5.37. The molecule has 0 bridgehead atoms. The highest BCUT2D eigenvalue weighted by Gasteiger charge is 2.13. The third-order valence-corrected chi connectivity index (χ3v) is 3.14. The van der Waals surface area contributed by atoms with Crippen molar-refractivity contribution in [3.8, 4) is 17.6 Å². The summed E-state index contributed by atoms with van der Waals surface area (Å²) in [6.45, 7) is 1.23. The molecule has 0 heterocycles.